The largest absolute Gasteiger partial charge is 0.356 e. The maximum atomic E-state index is 11.8. The van der Waals surface area contributed by atoms with Crippen LogP contribution in [-0.4, -0.2) is 25.5 Å². The SMILES string of the molecule is O=C(CCC1CCNCC1)NCCCc1ccc(Cl)cc1Cl. The Kier molecular flexibility index (Phi) is 7.50. The number of benzene rings is 1. The highest BCUT2D eigenvalue weighted by Gasteiger charge is 2.14. The Balaban J connectivity index is 1.58. The maximum Gasteiger partial charge on any atom is 0.220 e. The van der Waals surface area contributed by atoms with Crippen molar-refractivity contribution >= 4 is 29.1 Å². The molecule has 0 atom stereocenters. The highest BCUT2D eigenvalue weighted by Crippen LogP contribution is 2.22. The number of hydrogen-bond donors (Lipinski definition) is 2. The van der Waals surface area contributed by atoms with Crippen molar-refractivity contribution in [3.8, 4) is 0 Å². The van der Waals surface area contributed by atoms with E-state index in [1.54, 1.807) is 6.07 Å². The third-order valence-electron chi connectivity index (χ3n) is 4.20. The molecular formula is C17H24Cl2N2O. The van der Waals surface area contributed by atoms with Crippen LogP contribution in [0, 0.1) is 5.92 Å². The number of hydrogen-bond acceptors (Lipinski definition) is 2. The summed E-state index contributed by atoms with van der Waals surface area (Å²) in [6.45, 7) is 2.88. The van der Waals surface area contributed by atoms with Crippen molar-refractivity contribution < 1.29 is 4.79 Å². The molecule has 0 radical (unpaired) electrons. The molecule has 1 aliphatic rings. The monoisotopic (exact) mass is 342 g/mol. The van der Waals surface area contributed by atoms with Gasteiger partial charge in [0.1, 0.15) is 0 Å². The van der Waals surface area contributed by atoms with Crippen LogP contribution in [0.4, 0.5) is 0 Å². The zero-order valence-electron chi connectivity index (χ0n) is 12.8. The summed E-state index contributed by atoms with van der Waals surface area (Å²) in [5.41, 5.74) is 1.08. The lowest BCUT2D eigenvalue weighted by Gasteiger charge is -2.22. The zero-order chi connectivity index (χ0) is 15.8. The molecule has 0 spiro atoms. The second-order valence-corrected chi connectivity index (χ2v) is 6.76. The molecule has 122 valence electrons. The minimum atomic E-state index is 0.167. The molecule has 0 aromatic heterocycles. The first-order valence-electron chi connectivity index (χ1n) is 8.06. The van der Waals surface area contributed by atoms with Gasteiger partial charge in [0.15, 0.2) is 0 Å². The van der Waals surface area contributed by atoms with Gasteiger partial charge in [0.05, 0.1) is 0 Å². The zero-order valence-corrected chi connectivity index (χ0v) is 14.3. The van der Waals surface area contributed by atoms with E-state index in [4.69, 9.17) is 23.2 Å². The van der Waals surface area contributed by atoms with E-state index in [2.05, 4.69) is 10.6 Å². The summed E-state index contributed by atoms with van der Waals surface area (Å²) in [5, 5.41) is 7.70. The Morgan fingerprint density at radius 1 is 1.27 bits per heavy atom. The fourth-order valence-corrected chi connectivity index (χ4v) is 3.33. The summed E-state index contributed by atoms with van der Waals surface area (Å²) in [6, 6.07) is 5.56. The summed E-state index contributed by atoms with van der Waals surface area (Å²) in [5.74, 6) is 0.876. The fraction of sp³-hybridized carbons (Fsp3) is 0.588. The van der Waals surface area contributed by atoms with E-state index in [1.807, 2.05) is 12.1 Å². The summed E-state index contributed by atoms with van der Waals surface area (Å²) in [4.78, 5) is 11.8. The summed E-state index contributed by atoms with van der Waals surface area (Å²) < 4.78 is 0. The van der Waals surface area contributed by atoms with E-state index < -0.39 is 0 Å². The Morgan fingerprint density at radius 3 is 2.77 bits per heavy atom. The van der Waals surface area contributed by atoms with E-state index in [-0.39, 0.29) is 5.91 Å². The summed E-state index contributed by atoms with van der Waals surface area (Å²) in [6.07, 6.45) is 5.79. The van der Waals surface area contributed by atoms with Crippen LogP contribution in [0.25, 0.3) is 0 Å². The molecule has 22 heavy (non-hydrogen) atoms. The number of carbonyl (C=O) groups is 1. The molecule has 0 saturated carbocycles. The number of nitrogens with one attached hydrogen (secondary N) is 2. The van der Waals surface area contributed by atoms with Crippen molar-refractivity contribution in [2.75, 3.05) is 19.6 Å². The molecule has 2 rings (SSSR count). The lowest BCUT2D eigenvalue weighted by molar-refractivity contribution is -0.121. The smallest absolute Gasteiger partial charge is 0.220 e. The van der Waals surface area contributed by atoms with Gasteiger partial charge in [-0.3, -0.25) is 4.79 Å². The minimum absolute atomic E-state index is 0.167. The summed E-state index contributed by atoms with van der Waals surface area (Å²) >= 11 is 12.0. The van der Waals surface area contributed by atoms with Gasteiger partial charge in [0.25, 0.3) is 0 Å². The molecular weight excluding hydrogens is 319 g/mol. The normalized spacial score (nSPS) is 15.7. The van der Waals surface area contributed by atoms with Gasteiger partial charge in [0.2, 0.25) is 5.91 Å². The van der Waals surface area contributed by atoms with Crippen molar-refractivity contribution in [2.45, 2.75) is 38.5 Å². The van der Waals surface area contributed by atoms with E-state index in [9.17, 15) is 4.79 Å². The Labute approximate surface area is 142 Å². The molecule has 2 N–H and O–H groups in total. The first-order chi connectivity index (χ1) is 10.6. The standard InChI is InChI=1S/C17H24Cl2N2O/c18-15-5-4-14(16(19)12-15)2-1-9-21-17(22)6-3-13-7-10-20-11-8-13/h4-5,12-13,20H,1-3,6-11H2,(H,21,22). The van der Waals surface area contributed by atoms with Crippen molar-refractivity contribution in [3.63, 3.8) is 0 Å². The number of rotatable bonds is 7. The second kappa shape index (κ2) is 9.39. The number of aryl methyl sites for hydroxylation is 1. The predicted molar refractivity (Wildman–Crippen MR) is 92.6 cm³/mol. The topological polar surface area (TPSA) is 41.1 Å². The Hall–Kier alpha value is -0.770. The molecule has 0 bridgehead atoms. The van der Waals surface area contributed by atoms with Gasteiger partial charge in [-0.1, -0.05) is 29.3 Å². The minimum Gasteiger partial charge on any atom is -0.356 e. The van der Waals surface area contributed by atoms with Crippen LogP contribution in [0.15, 0.2) is 18.2 Å². The van der Waals surface area contributed by atoms with E-state index >= 15 is 0 Å². The molecule has 1 fully saturated rings. The highest BCUT2D eigenvalue weighted by atomic mass is 35.5. The van der Waals surface area contributed by atoms with Crippen molar-refractivity contribution in [3.05, 3.63) is 33.8 Å². The first-order valence-corrected chi connectivity index (χ1v) is 8.82. The van der Waals surface area contributed by atoms with Crippen molar-refractivity contribution in [2.24, 2.45) is 5.92 Å². The van der Waals surface area contributed by atoms with Gasteiger partial charge >= 0.3 is 0 Å². The predicted octanol–water partition coefficient (Wildman–Crippen LogP) is 3.82. The number of piperidine rings is 1. The van der Waals surface area contributed by atoms with Gasteiger partial charge in [-0.2, -0.15) is 0 Å². The lowest BCUT2D eigenvalue weighted by Crippen LogP contribution is -2.29. The fourth-order valence-electron chi connectivity index (χ4n) is 2.83. The van der Waals surface area contributed by atoms with Crippen LogP contribution >= 0.6 is 23.2 Å². The van der Waals surface area contributed by atoms with Crippen LogP contribution in [0.3, 0.4) is 0 Å². The van der Waals surface area contributed by atoms with Gasteiger partial charge < -0.3 is 10.6 Å². The molecule has 5 heteroatoms. The van der Waals surface area contributed by atoms with E-state index in [1.165, 1.54) is 12.8 Å². The molecule has 3 nitrogen and oxygen atoms in total. The second-order valence-electron chi connectivity index (χ2n) is 5.92. The molecule has 0 aliphatic carbocycles. The average Bonchev–Trinajstić information content (AvgIpc) is 2.52. The molecule has 1 aliphatic heterocycles. The van der Waals surface area contributed by atoms with Crippen LogP contribution in [-0.2, 0) is 11.2 Å². The first kappa shape index (κ1) is 17.6. The van der Waals surface area contributed by atoms with Crippen LogP contribution < -0.4 is 10.6 Å². The van der Waals surface area contributed by atoms with Gasteiger partial charge in [0, 0.05) is 23.0 Å². The number of amides is 1. The van der Waals surface area contributed by atoms with Crippen LogP contribution in [0.1, 0.15) is 37.7 Å². The molecule has 0 unspecified atom stereocenters. The van der Waals surface area contributed by atoms with E-state index in [0.717, 1.165) is 37.9 Å². The molecule has 1 amide bonds. The molecule has 1 saturated heterocycles. The summed E-state index contributed by atoms with van der Waals surface area (Å²) in [7, 11) is 0. The van der Waals surface area contributed by atoms with Gasteiger partial charge in [-0.15, -0.1) is 0 Å². The average molecular weight is 343 g/mol. The highest BCUT2D eigenvalue weighted by molar-refractivity contribution is 6.35. The molecule has 1 aromatic carbocycles. The number of halogens is 2. The molecule has 1 aromatic rings. The van der Waals surface area contributed by atoms with E-state index in [0.29, 0.717) is 28.9 Å². The Morgan fingerprint density at radius 2 is 2.05 bits per heavy atom. The third-order valence-corrected chi connectivity index (χ3v) is 4.79. The quantitative estimate of drug-likeness (QED) is 0.739. The van der Waals surface area contributed by atoms with Gasteiger partial charge in [-0.25, -0.2) is 0 Å². The molecule has 1 heterocycles. The number of carbonyl (C=O) groups excluding carboxylic acids is 1. The maximum absolute atomic E-state index is 11.8. The van der Waals surface area contributed by atoms with Gasteiger partial charge in [-0.05, 0) is 68.8 Å². The van der Waals surface area contributed by atoms with Crippen LogP contribution in [0.2, 0.25) is 10.0 Å². The lowest BCUT2D eigenvalue weighted by atomic mass is 9.93. The van der Waals surface area contributed by atoms with Crippen molar-refractivity contribution in [1.82, 2.24) is 10.6 Å². The van der Waals surface area contributed by atoms with Crippen molar-refractivity contribution in [1.29, 1.82) is 0 Å². The Bertz CT molecular complexity index is 488. The van der Waals surface area contributed by atoms with Crippen LogP contribution in [0.5, 0.6) is 0 Å². The third kappa shape index (κ3) is 6.15.